The summed E-state index contributed by atoms with van der Waals surface area (Å²) in [6.07, 6.45) is 4.10. The number of ether oxygens (including phenoxy) is 1. The van der Waals surface area contributed by atoms with Crippen molar-refractivity contribution >= 4 is 11.7 Å². The molecule has 0 unspecified atom stereocenters. The van der Waals surface area contributed by atoms with Crippen LogP contribution < -0.4 is 15.4 Å². The Morgan fingerprint density at radius 1 is 1.32 bits per heavy atom. The predicted molar refractivity (Wildman–Crippen MR) is 94.2 cm³/mol. The van der Waals surface area contributed by atoms with Gasteiger partial charge in [-0.25, -0.2) is 9.37 Å². The molecule has 25 heavy (non-hydrogen) atoms. The molecule has 2 N–H and O–H groups in total. The van der Waals surface area contributed by atoms with E-state index in [0.29, 0.717) is 17.7 Å². The van der Waals surface area contributed by atoms with Gasteiger partial charge >= 0.3 is 0 Å². The van der Waals surface area contributed by atoms with E-state index in [4.69, 9.17) is 4.74 Å². The highest BCUT2D eigenvalue weighted by atomic mass is 19.1. The largest absolute Gasteiger partial charge is 0.491 e. The second kappa shape index (κ2) is 7.96. The number of nitrogens with zero attached hydrogens (tertiary/aromatic N) is 1. The van der Waals surface area contributed by atoms with Gasteiger partial charge in [-0.05, 0) is 55.5 Å². The van der Waals surface area contributed by atoms with Crippen LogP contribution in [0, 0.1) is 11.7 Å². The molecule has 0 spiro atoms. The molecule has 1 aromatic carbocycles. The standard InChI is InChI=1S/C19H22FN3O2/c1-2-25-17-7-5-14(9-16(17)20)11-23-19(24)15-6-8-18(22-12-15)21-10-13-3-4-13/h5-9,12-13H,2-4,10-11H2,1H3,(H,21,22)(H,23,24). The summed E-state index contributed by atoms with van der Waals surface area (Å²) >= 11 is 0. The summed E-state index contributed by atoms with van der Waals surface area (Å²) in [4.78, 5) is 16.4. The number of hydrogen-bond acceptors (Lipinski definition) is 4. The lowest BCUT2D eigenvalue weighted by Gasteiger charge is -2.09. The van der Waals surface area contributed by atoms with Gasteiger partial charge in [0.15, 0.2) is 11.6 Å². The van der Waals surface area contributed by atoms with Crippen molar-refractivity contribution in [2.24, 2.45) is 5.92 Å². The fourth-order valence-corrected chi connectivity index (χ4v) is 2.41. The summed E-state index contributed by atoms with van der Waals surface area (Å²) < 4.78 is 19.0. The fraction of sp³-hybridized carbons (Fsp3) is 0.368. The van der Waals surface area contributed by atoms with Gasteiger partial charge in [0.1, 0.15) is 5.82 Å². The molecule has 1 saturated carbocycles. The normalized spacial score (nSPS) is 13.4. The monoisotopic (exact) mass is 343 g/mol. The van der Waals surface area contributed by atoms with Crippen LogP contribution in [0.3, 0.4) is 0 Å². The molecular formula is C19H22FN3O2. The molecule has 6 heteroatoms. The first-order valence-corrected chi connectivity index (χ1v) is 8.55. The third-order valence-electron chi connectivity index (χ3n) is 4.04. The van der Waals surface area contributed by atoms with Gasteiger partial charge in [-0.2, -0.15) is 0 Å². The molecule has 0 bridgehead atoms. The molecule has 5 nitrogen and oxygen atoms in total. The lowest BCUT2D eigenvalue weighted by atomic mass is 10.2. The first-order chi connectivity index (χ1) is 12.2. The number of pyridine rings is 1. The minimum absolute atomic E-state index is 0.219. The second-order valence-corrected chi connectivity index (χ2v) is 6.14. The van der Waals surface area contributed by atoms with Gasteiger partial charge in [0.25, 0.3) is 5.91 Å². The smallest absolute Gasteiger partial charge is 0.253 e. The number of amides is 1. The van der Waals surface area contributed by atoms with E-state index < -0.39 is 5.82 Å². The number of halogens is 1. The van der Waals surface area contributed by atoms with Gasteiger partial charge < -0.3 is 15.4 Å². The summed E-state index contributed by atoms with van der Waals surface area (Å²) in [7, 11) is 0. The molecule has 1 aliphatic carbocycles. The maximum atomic E-state index is 13.8. The Bertz CT molecular complexity index is 730. The van der Waals surface area contributed by atoms with Crippen LogP contribution in [0.2, 0.25) is 0 Å². The minimum atomic E-state index is -0.429. The van der Waals surface area contributed by atoms with Crippen molar-refractivity contribution in [2.75, 3.05) is 18.5 Å². The van der Waals surface area contributed by atoms with Crippen molar-refractivity contribution in [1.82, 2.24) is 10.3 Å². The van der Waals surface area contributed by atoms with E-state index in [1.165, 1.54) is 18.9 Å². The Balaban J connectivity index is 1.52. The van der Waals surface area contributed by atoms with E-state index >= 15 is 0 Å². The molecule has 3 rings (SSSR count). The van der Waals surface area contributed by atoms with E-state index in [0.717, 1.165) is 18.3 Å². The van der Waals surface area contributed by atoms with Crippen molar-refractivity contribution in [1.29, 1.82) is 0 Å². The van der Waals surface area contributed by atoms with Gasteiger partial charge in [-0.1, -0.05) is 6.07 Å². The number of carbonyl (C=O) groups excluding carboxylic acids is 1. The summed E-state index contributed by atoms with van der Waals surface area (Å²) in [5.41, 5.74) is 1.15. The highest BCUT2D eigenvalue weighted by molar-refractivity contribution is 5.94. The van der Waals surface area contributed by atoms with Gasteiger partial charge in [0.05, 0.1) is 12.2 Å². The highest BCUT2D eigenvalue weighted by Crippen LogP contribution is 2.28. The van der Waals surface area contributed by atoms with Crippen LogP contribution in [0.5, 0.6) is 5.75 Å². The third-order valence-corrected chi connectivity index (χ3v) is 4.04. The number of rotatable bonds is 8. The summed E-state index contributed by atoms with van der Waals surface area (Å²) in [6.45, 7) is 3.38. The number of aromatic nitrogens is 1. The zero-order valence-electron chi connectivity index (χ0n) is 14.2. The SMILES string of the molecule is CCOc1ccc(CNC(=O)c2ccc(NCC3CC3)nc2)cc1F. The summed E-state index contributed by atoms with van der Waals surface area (Å²) in [6, 6.07) is 8.21. The first-order valence-electron chi connectivity index (χ1n) is 8.55. The van der Waals surface area contributed by atoms with E-state index in [2.05, 4.69) is 15.6 Å². The van der Waals surface area contributed by atoms with Crippen molar-refractivity contribution in [3.63, 3.8) is 0 Å². The number of anilines is 1. The van der Waals surface area contributed by atoms with E-state index in [1.807, 2.05) is 0 Å². The first kappa shape index (κ1) is 17.2. The quantitative estimate of drug-likeness (QED) is 0.771. The topological polar surface area (TPSA) is 63.2 Å². The average molecular weight is 343 g/mol. The Kier molecular flexibility index (Phi) is 5.48. The molecule has 0 aliphatic heterocycles. The zero-order chi connectivity index (χ0) is 17.6. The molecule has 1 fully saturated rings. The van der Waals surface area contributed by atoms with Gasteiger partial charge in [0, 0.05) is 19.3 Å². The summed E-state index contributed by atoms with van der Waals surface area (Å²) in [5, 5.41) is 6.02. The Morgan fingerprint density at radius 2 is 2.16 bits per heavy atom. The van der Waals surface area contributed by atoms with Gasteiger partial charge in [-0.15, -0.1) is 0 Å². The molecular weight excluding hydrogens is 321 g/mol. The number of hydrogen-bond donors (Lipinski definition) is 2. The van der Waals surface area contributed by atoms with E-state index in [9.17, 15) is 9.18 Å². The van der Waals surface area contributed by atoms with Crippen LogP contribution in [0.15, 0.2) is 36.5 Å². The number of nitrogens with one attached hydrogen (secondary N) is 2. The van der Waals surface area contributed by atoms with Crippen LogP contribution in [-0.4, -0.2) is 24.0 Å². The molecule has 2 aromatic rings. The maximum absolute atomic E-state index is 13.8. The Hall–Kier alpha value is -2.63. The van der Waals surface area contributed by atoms with E-state index in [-0.39, 0.29) is 18.2 Å². The van der Waals surface area contributed by atoms with E-state index in [1.54, 1.807) is 37.4 Å². The van der Waals surface area contributed by atoms with Crippen LogP contribution in [0.25, 0.3) is 0 Å². The fourth-order valence-electron chi connectivity index (χ4n) is 2.41. The van der Waals surface area contributed by atoms with Crippen molar-refractivity contribution < 1.29 is 13.9 Å². The molecule has 1 aliphatic rings. The molecule has 1 heterocycles. The van der Waals surface area contributed by atoms with Crippen LogP contribution in [-0.2, 0) is 6.54 Å². The number of benzene rings is 1. The molecule has 0 saturated heterocycles. The van der Waals surface area contributed by atoms with Crippen molar-refractivity contribution in [2.45, 2.75) is 26.3 Å². The third kappa shape index (κ3) is 4.92. The Morgan fingerprint density at radius 3 is 2.80 bits per heavy atom. The molecule has 0 atom stereocenters. The maximum Gasteiger partial charge on any atom is 0.253 e. The Labute approximate surface area is 146 Å². The lowest BCUT2D eigenvalue weighted by Crippen LogP contribution is -2.23. The molecule has 0 radical (unpaired) electrons. The highest BCUT2D eigenvalue weighted by Gasteiger charge is 2.20. The second-order valence-electron chi connectivity index (χ2n) is 6.14. The van der Waals surface area contributed by atoms with Gasteiger partial charge in [-0.3, -0.25) is 4.79 Å². The number of carbonyl (C=O) groups is 1. The van der Waals surface area contributed by atoms with Crippen molar-refractivity contribution in [3.05, 3.63) is 53.5 Å². The van der Waals surface area contributed by atoms with Crippen LogP contribution in [0.1, 0.15) is 35.7 Å². The van der Waals surface area contributed by atoms with Gasteiger partial charge in [0.2, 0.25) is 0 Å². The molecule has 132 valence electrons. The molecule has 1 aromatic heterocycles. The van der Waals surface area contributed by atoms with Crippen molar-refractivity contribution in [3.8, 4) is 5.75 Å². The zero-order valence-corrected chi connectivity index (χ0v) is 14.2. The summed E-state index contributed by atoms with van der Waals surface area (Å²) in [5.74, 6) is 1.09. The lowest BCUT2D eigenvalue weighted by molar-refractivity contribution is 0.0950. The predicted octanol–water partition coefficient (Wildman–Crippen LogP) is 3.37. The van der Waals surface area contributed by atoms with Crippen LogP contribution in [0.4, 0.5) is 10.2 Å². The minimum Gasteiger partial charge on any atom is -0.491 e. The average Bonchev–Trinajstić information content (AvgIpc) is 3.45. The van der Waals surface area contributed by atoms with Crippen LogP contribution >= 0.6 is 0 Å². The molecule has 1 amide bonds.